The first-order chi connectivity index (χ1) is 12.9. The summed E-state index contributed by atoms with van der Waals surface area (Å²) in [5.74, 6) is 0.0495. The molecule has 7 nitrogen and oxygen atoms in total. The molecule has 8 heteroatoms. The van der Waals surface area contributed by atoms with Gasteiger partial charge in [0.1, 0.15) is 0 Å². The molecule has 0 saturated heterocycles. The number of unbranched alkanes of at least 4 members (excludes halogenated alkanes) is 1. The van der Waals surface area contributed by atoms with Crippen molar-refractivity contribution in [2.24, 2.45) is 0 Å². The highest BCUT2D eigenvalue weighted by atomic mass is 32.2. The van der Waals surface area contributed by atoms with Crippen LogP contribution >= 0.6 is 0 Å². The highest BCUT2D eigenvalue weighted by Gasteiger charge is 2.23. The van der Waals surface area contributed by atoms with Gasteiger partial charge in [0, 0.05) is 24.7 Å². The van der Waals surface area contributed by atoms with Gasteiger partial charge in [-0.1, -0.05) is 18.5 Å². The molecular formula is C19H25N3O4S. The molecule has 3 rings (SSSR count). The average Bonchev–Trinajstić information content (AvgIpc) is 3.09. The Labute approximate surface area is 159 Å². The number of amides is 1. The van der Waals surface area contributed by atoms with Gasteiger partial charge >= 0.3 is 0 Å². The van der Waals surface area contributed by atoms with Crippen molar-refractivity contribution in [3.8, 4) is 0 Å². The zero-order chi connectivity index (χ0) is 19.4. The Morgan fingerprint density at radius 1 is 1.22 bits per heavy atom. The van der Waals surface area contributed by atoms with Crippen LogP contribution in [0.4, 0.5) is 5.88 Å². The summed E-state index contributed by atoms with van der Waals surface area (Å²) in [6.07, 6.45) is 5.56. The van der Waals surface area contributed by atoms with E-state index in [4.69, 9.17) is 4.52 Å². The number of hydrogen-bond donors (Lipinski definition) is 1. The van der Waals surface area contributed by atoms with Gasteiger partial charge in [-0.2, -0.15) is 0 Å². The van der Waals surface area contributed by atoms with Crippen LogP contribution in [0.25, 0.3) is 0 Å². The molecule has 0 fully saturated rings. The summed E-state index contributed by atoms with van der Waals surface area (Å²) < 4.78 is 31.7. The number of sulfonamides is 1. The minimum atomic E-state index is -3.54. The molecule has 0 unspecified atom stereocenters. The number of aromatic nitrogens is 1. The molecule has 0 aliphatic heterocycles. The third-order valence-corrected chi connectivity index (χ3v) is 6.71. The van der Waals surface area contributed by atoms with Crippen LogP contribution in [-0.2, 0) is 22.9 Å². The maximum Gasteiger partial charge on any atom is 0.258 e. The number of fused-ring (bicyclic) bond motifs is 1. The van der Waals surface area contributed by atoms with Crippen LogP contribution in [0.3, 0.4) is 0 Å². The van der Waals surface area contributed by atoms with E-state index in [1.54, 1.807) is 7.05 Å². The Kier molecular flexibility index (Phi) is 5.96. The summed E-state index contributed by atoms with van der Waals surface area (Å²) >= 11 is 0. The van der Waals surface area contributed by atoms with E-state index in [0.29, 0.717) is 18.0 Å². The van der Waals surface area contributed by atoms with Gasteiger partial charge in [0.15, 0.2) is 0 Å². The van der Waals surface area contributed by atoms with E-state index < -0.39 is 10.0 Å². The molecule has 0 spiro atoms. The monoisotopic (exact) mass is 391 g/mol. The smallest absolute Gasteiger partial charge is 0.258 e. The van der Waals surface area contributed by atoms with E-state index in [9.17, 15) is 13.2 Å². The molecule has 1 aliphatic carbocycles. The van der Waals surface area contributed by atoms with Gasteiger partial charge < -0.3 is 4.52 Å². The normalized spacial score (nSPS) is 14.2. The SMILES string of the molecule is CCCCN(C)S(=O)(=O)c1ccc(C(=O)Nc2onc3c2CCCC3)cc1. The lowest BCUT2D eigenvalue weighted by Gasteiger charge is -2.17. The van der Waals surface area contributed by atoms with Crippen molar-refractivity contribution >= 4 is 21.8 Å². The Morgan fingerprint density at radius 2 is 1.93 bits per heavy atom. The maximum atomic E-state index is 12.5. The molecule has 0 saturated carbocycles. The summed E-state index contributed by atoms with van der Waals surface area (Å²) in [4.78, 5) is 12.7. The topological polar surface area (TPSA) is 92.5 Å². The van der Waals surface area contributed by atoms with Crippen LogP contribution in [0, 0.1) is 0 Å². The van der Waals surface area contributed by atoms with Gasteiger partial charge in [-0.05, 0) is 56.4 Å². The number of rotatable bonds is 7. The highest BCUT2D eigenvalue weighted by Crippen LogP contribution is 2.28. The number of aryl methyl sites for hydroxylation is 1. The van der Waals surface area contributed by atoms with Crippen molar-refractivity contribution in [1.29, 1.82) is 0 Å². The van der Waals surface area contributed by atoms with Gasteiger partial charge in [0.25, 0.3) is 5.91 Å². The highest BCUT2D eigenvalue weighted by molar-refractivity contribution is 7.89. The second-order valence-electron chi connectivity index (χ2n) is 6.80. The zero-order valence-electron chi connectivity index (χ0n) is 15.7. The van der Waals surface area contributed by atoms with Crippen molar-refractivity contribution < 1.29 is 17.7 Å². The summed E-state index contributed by atoms with van der Waals surface area (Å²) in [5.41, 5.74) is 2.24. The summed E-state index contributed by atoms with van der Waals surface area (Å²) in [7, 11) is -1.97. The van der Waals surface area contributed by atoms with E-state index in [2.05, 4.69) is 10.5 Å². The average molecular weight is 391 g/mol. The molecule has 0 radical (unpaired) electrons. The van der Waals surface area contributed by atoms with Crippen LogP contribution in [0.15, 0.2) is 33.7 Å². The zero-order valence-corrected chi connectivity index (χ0v) is 16.5. The summed E-state index contributed by atoms with van der Waals surface area (Å²) in [6.45, 7) is 2.48. The van der Waals surface area contributed by atoms with Gasteiger partial charge in [0.2, 0.25) is 15.9 Å². The minimum Gasteiger partial charge on any atom is -0.338 e. The number of benzene rings is 1. The predicted molar refractivity (Wildman–Crippen MR) is 102 cm³/mol. The fourth-order valence-electron chi connectivity index (χ4n) is 3.12. The lowest BCUT2D eigenvalue weighted by atomic mass is 9.97. The lowest BCUT2D eigenvalue weighted by molar-refractivity contribution is 0.102. The molecule has 1 heterocycles. The molecule has 1 aromatic carbocycles. The Morgan fingerprint density at radius 3 is 2.63 bits per heavy atom. The van der Waals surface area contributed by atoms with E-state index in [1.807, 2.05) is 6.92 Å². The first-order valence-corrected chi connectivity index (χ1v) is 10.7. The fourth-order valence-corrected chi connectivity index (χ4v) is 4.33. The fraction of sp³-hybridized carbons (Fsp3) is 0.474. The lowest BCUT2D eigenvalue weighted by Crippen LogP contribution is -2.28. The number of anilines is 1. The number of carbonyl (C=O) groups excluding carboxylic acids is 1. The molecule has 1 aromatic heterocycles. The van der Waals surface area contributed by atoms with Crippen molar-refractivity contribution in [3.05, 3.63) is 41.1 Å². The first-order valence-electron chi connectivity index (χ1n) is 9.28. The molecule has 146 valence electrons. The molecule has 2 aromatic rings. The Bertz CT molecular complexity index is 904. The van der Waals surface area contributed by atoms with Crippen LogP contribution < -0.4 is 5.32 Å². The summed E-state index contributed by atoms with van der Waals surface area (Å²) in [5, 5.41) is 6.77. The maximum absolute atomic E-state index is 12.5. The van der Waals surface area contributed by atoms with Crippen LogP contribution in [0.2, 0.25) is 0 Å². The second-order valence-corrected chi connectivity index (χ2v) is 8.85. The third kappa shape index (κ3) is 4.22. The summed E-state index contributed by atoms with van der Waals surface area (Å²) in [6, 6.07) is 5.95. The van der Waals surface area contributed by atoms with E-state index in [1.165, 1.54) is 28.6 Å². The number of nitrogens with zero attached hydrogens (tertiary/aromatic N) is 2. The van der Waals surface area contributed by atoms with Gasteiger partial charge in [-0.3, -0.25) is 10.1 Å². The van der Waals surface area contributed by atoms with Crippen LogP contribution in [-0.4, -0.2) is 37.4 Å². The van der Waals surface area contributed by atoms with Crippen molar-refractivity contribution in [1.82, 2.24) is 9.46 Å². The van der Waals surface area contributed by atoms with E-state index in [-0.39, 0.29) is 10.8 Å². The van der Waals surface area contributed by atoms with E-state index in [0.717, 1.165) is 49.8 Å². The van der Waals surface area contributed by atoms with Crippen molar-refractivity contribution in [3.63, 3.8) is 0 Å². The van der Waals surface area contributed by atoms with Crippen molar-refractivity contribution in [2.75, 3.05) is 18.9 Å². The largest absolute Gasteiger partial charge is 0.338 e. The van der Waals surface area contributed by atoms with E-state index >= 15 is 0 Å². The molecule has 1 amide bonds. The van der Waals surface area contributed by atoms with Crippen LogP contribution in [0.5, 0.6) is 0 Å². The van der Waals surface area contributed by atoms with Gasteiger partial charge in [0.05, 0.1) is 10.6 Å². The van der Waals surface area contributed by atoms with Gasteiger partial charge in [-0.15, -0.1) is 0 Å². The number of carbonyl (C=O) groups is 1. The molecule has 1 aliphatic rings. The number of hydrogen-bond acceptors (Lipinski definition) is 5. The number of nitrogens with one attached hydrogen (secondary N) is 1. The van der Waals surface area contributed by atoms with Crippen molar-refractivity contribution in [2.45, 2.75) is 50.3 Å². The molecular weight excluding hydrogens is 366 g/mol. The molecule has 0 bridgehead atoms. The Balaban J connectivity index is 1.71. The quantitative estimate of drug-likeness (QED) is 0.782. The molecule has 27 heavy (non-hydrogen) atoms. The Hall–Kier alpha value is -2.19. The predicted octanol–water partition coefficient (Wildman–Crippen LogP) is 3.23. The first kappa shape index (κ1) is 19.6. The second kappa shape index (κ2) is 8.22. The molecule has 1 N–H and O–H groups in total. The minimum absolute atomic E-state index is 0.176. The van der Waals surface area contributed by atoms with Gasteiger partial charge in [-0.25, -0.2) is 12.7 Å². The molecule has 0 atom stereocenters. The third-order valence-electron chi connectivity index (χ3n) is 4.84. The standard InChI is InChI=1S/C19H25N3O4S/c1-3-4-13-22(2)27(24,25)15-11-9-14(10-12-15)18(23)20-19-16-7-5-6-8-17(16)21-26-19/h9-12H,3-8,13H2,1-2H3,(H,20,23). The van der Waals surface area contributed by atoms with Crippen LogP contribution in [0.1, 0.15) is 54.2 Å².